The average molecular weight is 406 g/mol. The molecule has 1 heterocycles. The number of rotatable bonds is 8. The number of likely N-dealkylation sites (N-methyl/N-ethyl adjacent to an activating group) is 1. The number of halogens is 1. The Balaban J connectivity index is 1.88. The van der Waals surface area contributed by atoms with E-state index in [9.17, 15) is 19.8 Å². The lowest BCUT2D eigenvalue weighted by Crippen LogP contribution is -2.50. The first-order valence-electron chi connectivity index (χ1n) is 8.86. The monoisotopic (exact) mass is 405 g/mol. The van der Waals surface area contributed by atoms with E-state index in [-0.39, 0.29) is 0 Å². The molecule has 0 fully saturated rings. The predicted molar refractivity (Wildman–Crippen MR) is 106 cm³/mol. The highest BCUT2D eigenvalue weighted by Gasteiger charge is 2.32. The van der Waals surface area contributed by atoms with E-state index < -0.39 is 30.1 Å². The minimum absolute atomic E-state index is 0.294. The summed E-state index contributed by atoms with van der Waals surface area (Å²) in [7, 11) is 1.50. The number of nitrogens with one attached hydrogen (secondary N) is 1. The zero-order chi connectivity index (χ0) is 20.7. The van der Waals surface area contributed by atoms with Gasteiger partial charge in [-0.05, 0) is 36.8 Å². The average Bonchev–Trinajstić information content (AvgIpc) is 2.71. The molecule has 1 aromatic heterocycles. The van der Waals surface area contributed by atoms with Crippen LogP contribution in [0.1, 0.15) is 24.2 Å². The van der Waals surface area contributed by atoms with E-state index in [2.05, 4.69) is 10.3 Å². The predicted octanol–water partition coefficient (Wildman–Crippen LogP) is 1.34. The van der Waals surface area contributed by atoms with Crippen molar-refractivity contribution in [2.24, 2.45) is 0 Å². The Kier molecular flexibility index (Phi) is 7.92. The second-order valence-electron chi connectivity index (χ2n) is 6.50. The lowest BCUT2D eigenvalue weighted by Gasteiger charge is -2.24. The number of aliphatic hydroxyl groups excluding tert-OH is 2. The van der Waals surface area contributed by atoms with E-state index in [0.29, 0.717) is 18.0 Å². The zero-order valence-electron chi connectivity index (χ0n) is 15.7. The molecule has 1 unspecified atom stereocenters. The molecular weight excluding hydrogens is 382 g/mol. The normalized spacial score (nSPS) is 14.0. The van der Waals surface area contributed by atoms with Gasteiger partial charge in [-0.25, -0.2) is 0 Å². The molecule has 2 aromatic rings. The van der Waals surface area contributed by atoms with Gasteiger partial charge in [-0.3, -0.25) is 14.6 Å². The van der Waals surface area contributed by atoms with Gasteiger partial charge in [0.15, 0.2) is 12.2 Å². The maximum absolute atomic E-state index is 12.3. The summed E-state index contributed by atoms with van der Waals surface area (Å²) in [5.74, 6) is -1.57. The lowest BCUT2D eigenvalue weighted by molar-refractivity contribution is -0.152. The summed E-state index contributed by atoms with van der Waals surface area (Å²) < 4.78 is 0. The minimum atomic E-state index is -1.88. The number of amides is 2. The highest BCUT2D eigenvalue weighted by atomic mass is 35.5. The van der Waals surface area contributed by atoms with Crippen molar-refractivity contribution in [2.45, 2.75) is 31.6 Å². The van der Waals surface area contributed by atoms with Crippen molar-refractivity contribution < 1.29 is 19.8 Å². The fourth-order valence-corrected chi connectivity index (χ4v) is 2.70. The SMILES string of the molecule is CC(NC(=O)[C@H](O)[C@@H](O)C(=O)N(C)CCc1ccccn1)c1ccc(Cl)cc1. The number of carbonyl (C=O) groups is 2. The molecule has 3 atom stereocenters. The van der Waals surface area contributed by atoms with Crippen LogP contribution in [0.25, 0.3) is 0 Å². The third kappa shape index (κ3) is 6.02. The van der Waals surface area contributed by atoms with E-state index in [4.69, 9.17) is 11.6 Å². The Bertz CT molecular complexity index is 786. The third-order valence-electron chi connectivity index (χ3n) is 4.36. The fraction of sp³-hybridized carbons (Fsp3) is 0.350. The molecule has 8 heteroatoms. The smallest absolute Gasteiger partial charge is 0.254 e. The Morgan fingerprint density at radius 1 is 1.14 bits per heavy atom. The van der Waals surface area contributed by atoms with Crippen molar-refractivity contribution in [3.8, 4) is 0 Å². The zero-order valence-corrected chi connectivity index (χ0v) is 16.5. The van der Waals surface area contributed by atoms with Crippen LogP contribution in [0.4, 0.5) is 0 Å². The van der Waals surface area contributed by atoms with Crippen molar-refractivity contribution >= 4 is 23.4 Å². The molecular formula is C20H24ClN3O4. The van der Waals surface area contributed by atoms with Crippen LogP contribution >= 0.6 is 11.6 Å². The molecule has 0 aliphatic carbocycles. The quantitative estimate of drug-likeness (QED) is 0.615. The summed E-state index contributed by atoms with van der Waals surface area (Å²) in [5, 5.41) is 23.3. The Morgan fingerprint density at radius 2 is 1.82 bits per heavy atom. The molecule has 2 rings (SSSR count). The summed E-state index contributed by atoms with van der Waals surface area (Å²) in [6.07, 6.45) is -1.58. The van der Waals surface area contributed by atoms with Gasteiger partial charge in [-0.1, -0.05) is 29.8 Å². The summed E-state index contributed by atoms with van der Waals surface area (Å²) in [4.78, 5) is 29.9. The highest BCUT2D eigenvalue weighted by molar-refractivity contribution is 6.30. The largest absolute Gasteiger partial charge is 0.380 e. The molecule has 0 bridgehead atoms. The molecule has 150 valence electrons. The van der Waals surface area contributed by atoms with Gasteiger partial charge in [0.05, 0.1) is 6.04 Å². The maximum atomic E-state index is 12.3. The van der Waals surface area contributed by atoms with Gasteiger partial charge in [0, 0.05) is 36.9 Å². The Labute approximate surface area is 169 Å². The van der Waals surface area contributed by atoms with Gasteiger partial charge in [-0.15, -0.1) is 0 Å². The minimum Gasteiger partial charge on any atom is -0.380 e. The van der Waals surface area contributed by atoms with Crippen LogP contribution in [0, 0.1) is 0 Å². The van der Waals surface area contributed by atoms with Crippen LogP contribution in [-0.4, -0.2) is 57.7 Å². The summed E-state index contributed by atoms with van der Waals surface area (Å²) >= 11 is 5.84. The first-order chi connectivity index (χ1) is 13.3. The fourth-order valence-electron chi connectivity index (χ4n) is 2.58. The number of nitrogens with zero attached hydrogens (tertiary/aromatic N) is 2. The van der Waals surface area contributed by atoms with Crippen LogP contribution in [0.3, 0.4) is 0 Å². The van der Waals surface area contributed by atoms with Gasteiger partial charge in [-0.2, -0.15) is 0 Å². The molecule has 0 spiro atoms. The molecule has 28 heavy (non-hydrogen) atoms. The number of aliphatic hydroxyl groups is 2. The van der Waals surface area contributed by atoms with E-state index in [1.54, 1.807) is 43.5 Å². The van der Waals surface area contributed by atoms with Crippen molar-refractivity contribution in [1.29, 1.82) is 0 Å². The molecule has 0 aliphatic rings. The van der Waals surface area contributed by atoms with Crippen LogP contribution in [0.5, 0.6) is 0 Å². The topological polar surface area (TPSA) is 103 Å². The molecule has 0 saturated carbocycles. The number of carbonyl (C=O) groups excluding carboxylic acids is 2. The van der Waals surface area contributed by atoms with E-state index >= 15 is 0 Å². The lowest BCUT2D eigenvalue weighted by atomic mass is 10.1. The molecule has 0 radical (unpaired) electrons. The van der Waals surface area contributed by atoms with Gasteiger partial charge in [0.2, 0.25) is 0 Å². The summed E-state index contributed by atoms with van der Waals surface area (Å²) in [5.41, 5.74) is 1.57. The number of aromatic nitrogens is 1. The molecule has 1 aromatic carbocycles. The number of benzene rings is 1. The number of hydrogen-bond acceptors (Lipinski definition) is 5. The van der Waals surface area contributed by atoms with E-state index in [1.165, 1.54) is 11.9 Å². The summed E-state index contributed by atoms with van der Waals surface area (Å²) in [6.45, 7) is 2.02. The number of pyridine rings is 1. The number of hydrogen-bond donors (Lipinski definition) is 3. The highest BCUT2D eigenvalue weighted by Crippen LogP contribution is 2.16. The van der Waals surface area contributed by atoms with E-state index in [0.717, 1.165) is 11.3 Å². The first kappa shape index (κ1) is 21.8. The van der Waals surface area contributed by atoms with E-state index in [1.807, 2.05) is 12.1 Å². The van der Waals surface area contributed by atoms with Gasteiger partial charge in [0.25, 0.3) is 11.8 Å². The second kappa shape index (κ2) is 10.2. The van der Waals surface area contributed by atoms with Gasteiger partial charge < -0.3 is 20.4 Å². The second-order valence-corrected chi connectivity index (χ2v) is 6.94. The summed E-state index contributed by atoms with van der Waals surface area (Å²) in [6, 6.07) is 11.9. The van der Waals surface area contributed by atoms with Gasteiger partial charge >= 0.3 is 0 Å². The molecule has 2 amide bonds. The van der Waals surface area contributed by atoms with Crippen molar-refractivity contribution in [3.63, 3.8) is 0 Å². The first-order valence-corrected chi connectivity index (χ1v) is 9.24. The van der Waals surface area contributed by atoms with Crippen LogP contribution in [0.15, 0.2) is 48.7 Å². The standard InChI is InChI=1S/C20H24ClN3O4/c1-13(14-6-8-15(21)9-7-14)23-19(27)17(25)18(26)20(28)24(2)12-10-16-5-3-4-11-22-16/h3-9,11,13,17-18,25-26H,10,12H2,1-2H3,(H,23,27)/t13?,17-,18-/m1/s1. The molecule has 0 saturated heterocycles. The molecule has 0 aliphatic heterocycles. The molecule has 7 nitrogen and oxygen atoms in total. The maximum Gasteiger partial charge on any atom is 0.254 e. The van der Waals surface area contributed by atoms with Crippen LogP contribution in [0.2, 0.25) is 5.02 Å². The van der Waals surface area contributed by atoms with Gasteiger partial charge in [0.1, 0.15) is 0 Å². The van der Waals surface area contributed by atoms with Crippen LogP contribution < -0.4 is 5.32 Å². The Morgan fingerprint density at radius 3 is 2.43 bits per heavy atom. The van der Waals surface area contributed by atoms with Crippen molar-refractivity contribution in [3.05, 3.63) is 64.9 Å². The van der Waals surface area contributed by atoms with Crippen molar-refractivity contribution in [2.75, 3.05) is 13.6 Å². The molecule has 3 N–H and O–H groups in total. The van der Waals surface area contributed by atoms with Crippen molar-refractivity contribution in [1.82, 2.24) is 15.2 Å². The van der Waals surface area contributed by atoms with Crippen LogP contribution in [-0.2, 0) is 16.0 Å². The Hall–Kier alpha value is -2.48. The third-order valence-corrected chi connectivity index (χ3v) is 4.61.